The van der Waals surface area contributed by atoms with E-state index in [0.717, 1.165) is 38.9 Å². The highest BCUT2D eigenvalue weighted by Gasteiger charge is 2.36. The zero-order valence-corrected chi connectivity index (χ0v) is 55.5. The molecule has 0 spiro atoms. The lowest BCUT2D eigenvalue weighted by molar-refractivity contribution is 0.103. The van der Waals surface area contributed by atoms with E-state index in [1.165, 1.54) is 13.5 Å². The average Bonchev–Trinajstić information content (AvgIpc) is 1.63. The summed E-state index contributed by atoms with van der Waals surface area (Å²) in [5, 5.41) is 61.3. The van der Waals surface area contributed by atoms with Gasteiger partial charge in [-0.05, 0) is 54.6 Å². The maximum atomic E-state index is 12.6. The van der Waals surface area contributed by atoms with Crippen LogP contribution in [0.5, 0.6) is 0 Å². The van der Waals surface area contributed by atoms with Crippen molar-refractivity contribution in [1.29, 1.82) is 0 Å². The molecule has 0 radical (unpaired) electrons. The second kappa shape index (κ2) is 24.2. The van der Waals surface area contributed by atoms with Crippen LogP contribution < -0.4 is 0 Å². The molecule has 33 heteroatoms. The fraction of sp³-hybridized carbons (Fsp3) is 0.0290. The number of carbonyl (C=O) groups is 5. The van der Waals surface area contributed by atoms with Crippen LogP contribution in [0.3, 0.4) is 0 Å². The Hall–Kier alpha value is -13.5. The van der Waals surface area contributed by atoms with Crippen LogP contribution in [0.4, 0.5) is 0 Å². The van der Waals surface area contributed by atoms with Gasteiger partial charge in [-0.1, -0.05) is 182 Å². The Bertz CT molecular complexity index is 6340. The van der Waals surface area contributed by atoms with Crippen molar-refractivity contribution in [2.75, 3.05) is 0 Å². The molecule has 0 bridgehead atoms. The topological polar surface area (TPSA) is 365 Å². The van der Waals surface area contributed by atoms with Crippen molar-refractivity contribution in [2.45, 2.75) is 12.8 Å². The van der Waals surface area contributed by atoms with Crippen molar-refractivity contribution >= 4 is 101 Å². The minimum absolute atomic E-state index is 0.0871. The molecule has 0 aliphatic heterocycles. The molecule has 102 heavy (non-hydrogen) atoms. The molecule has 486 valence electrons. The summed E-state index contributed by atoms with van der Waals surface area (Å²) < 4.78 is 8.21. The number of rotatable bonds is 4. The lowest BCUT2D eigenvalue weighted by Crippen LogP contribution is -2.08. The van der Waals surface area contributed by atoms with Crippen LogP contribution in [-0.4, -0.2) is 153 Å². The maximum Gasteiger partial charge on any atom is 0.273 e. The minimum atomic E-state index is -0.153. The van der Waals surface area contributed by atoms with Gasteiger partial charge in [-0.15, -0.1) is 51.0 Å². The zero-order chi connectivity index (χ0) is 69.0. The van der Waals surface area contributed by atoms with Crippen LogP contribution in [0.15, 0.2) is 191 Å². The molecule has 5 aliphatic rings. The molecular formula is C69H34Br2ClN25O5. The van der Waals surface area contributed by atoms with Gasteiger partial charge < -0.3 is 0 Å². The highest BCUT2D eigenvalue weighted by Crippen LogP contribution is 2.39. The first kappa shape index (κ1) is 60.9. The van der Waals surface area contributed by atoms with E-state index in [0.29, 0.717) is 136 Å². The van der Waals surface area contributed by atoms with Gasteiger partial charge in [-0.3, -0.25) is 24.0 Å². The molecule has 17 aromatic rings. The smallest absolute Gasteiger partial charge is 0.273 e. The third-order valence-corrected chi connectivity index (χ3v) is 18.2. The molecule has 0 saturated heterocycles. The number of ketones is 5. The van der Waals surface area contributed by atoms with E-state index in [1.807, 2.05) is 152 Å². The molecule has 0 N–H and O–H groups in total. The molecule has 22 rings (SSSR count). The Morgan fingerprint density at radius 1 is 0.255 bits per heavy atom. The fourth-order valence-corrected chi connectivity index (χ4v) is 13.0. The molecule has 30 nitrogen and oxygen atoms in total. The summed E-state index contributed by atoms with van der Waals surface area (Å²) in [4.78, 5) is 83.3. The quantitative estimate of drug-likeness (QED) is 0.158. The largest absolute Gasteiger partial charge is 0.287 e. The van der Waals surface area contributed by atoms with Gasteiger partial charge in [0.1, 0.15) is 39.9 Å². The molecule has 0 unspecified atom stereocenters. The zero-order valence-electron chi connectivity index (χ0n) is 51.6. The van der Waals surface area contributed by atoms with Crippen molar-refractivity contribution < 1.29 is 24.0 Å². The van der Waals surface area contributed by atoms with Crippen LogP contribution in [0, 0.1) is 0 Å². The third-order valence-electron chi connectivity index (χ3n) is 16.9. The SMILES string of the molecule is O=C1c2ccccc2-c2nc3nnc(Br)n3nc21.O=C1c2ccccc2-c2nc3nnc(Cc4ccccc4)n3nc21.O=C1c2ccccc2-c2nc3nnc(Cl)n3nc21.O=C1c2ccccc2-c2nn3c(Br)nnc3nc21.O=C1c2ccccc2-c2nn3c(Cc4ccccc4)nnc3nc21. The summed E-state index contributed by atoms with van der Waals surface area (Å²) in [6.45, 7) is 0. The van der Waals surface area contributed by atoms with Gasteiger partial charge in [-0.2, -0.15) is 48.1 Å². The van der Waals surface area contributed by atoms with Gasteiger partial charge in [-0.25, -0.2) is 24.9 Å². The van der Waals surface area contributed by atoms with Crippen molar-refractivity contribution in [3.8, 4) is 56.3 Å². The maximum absolute atomic E-state index is 12.6. The second-order valence-corrected chi connectivity index (χ2v) is 24.7. The molecular weight excluding hydrogens is 1450 g/mol. The van der Waals surface area contributed by atoms with E-state index in [4.69, 9.17) is 11.6 Å². The molecule has 0 saturated carbocycles. The van der Waals surface area contributed by atoms with E-state index >= 15 is 0 Å². The van der Waals surface area contributed by atoms with Gasteiger partial charge in [0, 0.05) is 68.5 Å². The Morgan fingerprint density at radius 3 is 0.892 bits per heavy atom. The lowest BCUT2D eigenvalue weighted by Gasteiger charge is -2.02. The van der Waals surface area contributed by atoms with Crippen LogP contribution in [0.25, 0.3) is 85.2 Å². The Kier molecular flexibility index (Phi) is 14.5. The fourth-order valence-electron chi connectivity index (χ4n) is 12.2. The van der Waals surface area contributed by atoms with E-state index in [-0.39, 0.29) is 45.7 Å². The number of hydrogen-bond donors (Lipinski definition) is 0. The predicted octanol–water partition coefficient (Wildman–Crippen LogP) is 9.01. The number of nitrogens with zero attached hydrogens (tertiary/aromatic N) is 25. The first-order chi connectivity index (χ1) is 49.9. The van der Waals surface area contributed by atoms with Crippen molar-refractivity contribution in [1.82, 2.24) is 124 Å². The first-order valence-electron chi connectivity index (χ1n) is 30.8. The second-order valence-electron chi connectivity index (χ2n) is 22.9. The summed E-state index contributed by atoms with van der Waals surface area (Å²) in [6.07, 6.45) is 1.18. The number of benzene rings is 7. The van der Waals surface area contributed by atoms with Gasteiger partial charge in [0.15, 0.2) is 28.7 Å². The molecule has 5 aliphatic carbocycles. The summed E-state index contributed by atoms with van der Waals surface area (Å²) in [7, 11) is 0. The molecule has 0 fully saturated rings. The van der Waals surface area contributed by atoms with E-state index in [2.05, 4.69) is 133 Å². The van der Waals surface area contributed by atoms with E-state index in [1.54, 1.807) is 39.4 Å². The van der Waals surface area contributed by atoms with Gasteiger partial charge in [0.05, 0.1) is 0 Å². The van der Waals surface area contributed by atoms with Gasteiger partial charge in [0.25, 0.3) is 28.9 Å². The lowest BCUT2D eigenvalue weighted by atomic mass is 10.1. The van der Waals surface area contributed by atoms with Crippen LogP contribution in [-0.2, 0) is 12.8 Å². The number of fused-ring (bicyclic) bond motifs is 20. The van der Waals surface area contributed by atoms with Crippen molar-refractivity contribution in [3.05, 3.63) is 276 Å². The third kappa shape index (κ3) is 10.1. The average molecular weight is 1490 g/mol. The summed E-state index contributed by atoms with van der Waals surface area (Å²) in [5.74, 6) is 2.47. The van der Waals surface area contributed by atoms with E-state index in [9.17, 15) is 24.0 Å². The number of carbonyl (C=O) groups excluding carboxylic acids is 5. The van der Waals surface area contributed by atoms with Gasteiger partial charge in [0.2, 0.25) is 43.7 Å². The molecule has 0 atom stereocenters. The Morgan fingerprint density at radius 2 is 0.510 bits per heavy atom. The molecule has 10 heterocycles. The molecule has 7 aromatic carbocycles. The van der Waals surface area contributed by atoms with Crippen LogP contribution in [0.1, 0.15) is 103 Å². The standard InChI is InChI=1S/2C18H11N5O.2C11H4BrN5O.C11H4ClN5O/c24-17-13-9-5-4-8-12(13)15-16(17)19-18-21-20-14(23(18)22-15)10-11-6-2-1-3-7-11;24-17-13-9-5-4-8-12(13)15-16(17)22-23-14(20-21-18(23)19-15)10-11-6-2-1-3-7-11;12-10-14-15-11-13-8-7(16-17(10)11)5-3-1-2-4-6(5)9(8)18;2*12-10-14-15-11-13-7-5-3-1-2-4-6(5)9(18)8(7)16-17(10)11/h2*1-9H,10H2;3*1-4H. The number of halogens is 3. The molecule has 0 amide bonds. The minimum Gasteiger partial charge on any atom is -0.287 e. The Balaban J connectivity index is 0.0000000919. The number of hydrogen-bond acceptors (Lipinski definition) is 25. The van der Waals surface area contributed by atoms with Crippen LogP contribution >= 0.6 is 43.5 Å². The van der Waals surface area contributed by atoms with Gasteiger partial charge >= 0.3 is 0 Å². The number of aromatic nitrogens is 25. The highest BCUT2D eigenvalue weighted by atomic mass is 79.9. The molecule has 10 aromatic heterocycles. The predicted molar refractivity (Wildman–Crippen MR) is 366 cm³/mol. The monoisotopic (exact) mass is 1490 g/mol. The summed E-state index contributed by atoms with van der Waals surface area (Å²) in [6, 6.07) is 56.7. The normalized spacial score (nSPS) is 12.6. The highest BCUT2D eigenvalue weighted by molar-refractivity contribution is 9.10. The first-order valence-corrected chi connectivity index (χ1v) is 32.8. The Labute approximate surface area is 590 Å². The summed E-state index contributed by atoms with van der Waals surface area (Å²) >= 11 is 12.2. The van der Waals surface area contributed by atoms with Crippen molar-refractivity contribution in [3.63, 3.8) is 0 Å². The van der Waals surface area contributed by atoms with E-state index < -0.39 is 0 Å². The van der Waals surface area contributed by atoms with Crippen molar-refractivity contribution in [2.24, 2.45) is 0 Å². The summed E-state index contributed by atoms with van der Waals surface area (Å²) in [5.41, 5.74) is 13.9. The van der Waals surface area contributed by atoms with Crippen LogP contribution in [0.2, 0.25) is 5.28 Å².